The smallest absolute Gasteiger partial charge is 0.307 e. The number of aromatic hydroxyl groups is 1. The number of ether oxygens (including phenoxy) is 1. The monoisotopic (exact) mass is 253 g/mol. The minimum absolute atomic E-state index is 0.106. The fraction of sp³-hybridized carbons (Fsp3) is 0.462. The molecule has 100 valence electrons. The summed E-state index contributed by atoms with van der Waals surface area (Å²) in [4.78, 5) is 12.6. The van der Waals surface area contributed by atoms with E-state index in [0.29, 0.717) is 18.8 Å². The summed E-state index contributed by atoms with van der Waals surface area (Å²) in [6.07, 6.45) is 0. The lowest BCUT2D eigenvalue weighted by Crippen LogP contribution is -2.28. The van der Waals surface area contributed by atoms with Crippen molar-refractivity contribution in [2.75, 3.05) is 20.7 Å². The summed E-state index contributed by atoms with van der Waals surface area (Å²) < 4.78 is 5.02. The number of phenolic OH excluding ortho intramolecular Hbond substituents is 1. The quantitative estimate of drug-likeness (QED) is 0.805. The first kappa shape index (κ1) is 14.3. The zero-order valence-electron chi connectivity index (χ0n) is 10.9. The van der Waals surface area contributed by atoms with Crippen LogP contribution in [0.5, 0.6) is 11.5 Å². The summed E-state index contributed by atoms with van der Waals surface area (Å²) in [6, 6.07) is 5.26. The molecule has 1 aromatic rings. The topological polar surface area (TPSA) is 70.0 Å². The summed E-state index contributed by atoms with van der Waals surface area (Å²) in [6.45, 7) is 2.55. The van der Waals surface area contributed by atoms with Crippen molar-refractivity contribution in [2.45, 2.75) is 13.5 Å². The third-order valence-electron chi connectivity index (χ3n) is 2.75. The highest BCUT2D eigenvalue weighted by molar-refractivity contribution is 5.69. The molecule has 0 amide bonds. The van der Waals surface area contributed by atoms with Gasteiger partial charge in [0.15, 0.2) is 11.5 Å². The number of carboxylic acids is 1. The van der Waals surface area contributed by atoms with E-state index in [9.17, 15) is 9.90 Å². The van der Waals surface area contributed by atoms with Crippen molar-refractivity contribution in [1.82, 2.24) is 4.90 Å². The molecule has 0 spiro atoms. The molecule has 0 saturated carbocycles. The lowest BCUT2D eigenvalue weighted by Gasteiger charge is -2.20. The van der Waals surface area contributed by atoms with Crippen LogP contribution in [0.4, 0.5) is 0 Å². The Labute approximate surface area is 107 Å². The Morgan fingerprint density at radius 1 is 1.50 bits per heavy atom. The molecular formula is C13H19NO4. The van der Waals surface area contributed by atoms with E-state index in [1.165, 1.54) is 7.11 Å². The van der Waals surface area contributed by atoms with Gasteiger partial charge in [-0.25, -0.2) is 0 Å². The molecule has 0 aliphatic heterocycles. The van der Waals surface area contributed by atoms with Crippen LogP contribution in [0.2, 0.25) is 0 Å². The maximum Gasteiger partial charge on any atom is 0.307 e. The average Bonchev–Trinajstić information content (AvgIpc) is 2.31. The highest BCUT2D eigenvalue weighted by Crippen LogP contribution is 2.30. The molecular weight excluding hydrogens is 234 g/mol. The van der Waals surface area contributed by atoms with Gasteiger partial charge in [0, 0.05) is 18.7 Å². The number of nitrogens with zero attached hydrogens (tertiary/aromatic N) is 1. The Balaban J connectivity index is 2.70. The summed E-state index contributed by atoms with van der Waals surface area (Å²) in [5.41, 5.74) is 0.717. The molecule has 5 heteroatoms. The normalized spacial score (nSPS) is 12.4. The molecule has 0 bridgehead atoms. The third-order valence-corrected chi connectivity index (χ3v) is 2.75. The van der Waals surface area contributed by atoms with Crippen molar-refractivity contribution in [2.24, 2.45) is 5.92 Å². The standard InChI is InChI=1S/C13H19NO4/c1-9(13(16)17)7-14(2)8-10-5-4-6-11(18-3)12(10)15/h4-6,9,15H,7-8H2,1-3H3,(H,16,17). The van der Waals surface area contributed by atoms with Gasteiger partial charge in [-0.1, -0.05) is 19.1 Å². The summed E-state index contributed by atoms with van der Waals surface area (Å²) in [7, 11) is 3.31. The number of para-hydroxylation sites is 1. The summed E-state index contributed by atoms with van der Waals surface area (Å²) >= 11 is 0. The molecule has 1 atom stereocenters. The van der Waals surface area contributed by atoms with Gasteiger partial charge >= 0.3 is 5.97 Å². The number of phenols is 1. The maximum atomic E-state index is 10.8. The molecule has 0 radical (unpaired) electrons. The summed E-state index contributed by atoms with van der Waals surface area (Å²) in [5.74, 6) is -0.735. The maximum absolute atomic E-state index is 10.8. The molecule has 0 fully saturated rings. The Kier molecular flexibility index (Phi) is 4.97. The van der Waals surface area contributed by atoms with Crippen LogP contribution in [0.3, 0.4) is 0 Å². The Morgan fingerprint density at radius 3 is 2.72 bits per heavy atom. The third kappa shape index (κ3) is 3.63. The molecule has 0 aliphatic carbocycles. The second-order valence-corrected chi connectivity index (χ2v) is 4.40. The van der Waals surface area contributed by atoms with Gasteiger partial charge in [0.25, 0.3) is 0 Å². The van der Waals surface area contributed by atoms with Crippen LogP contribution >= 0.6 is 0 Å². The van der Waals surface area contributed by atoms with E-state index in [2.05, 4.69) is 0 Å². The van der Waals surface area contributed by atoms with Gasteiger partial charge in [-0.2, -0.15) is 0 Å². The van der Waals surface area contributed by atoms with Crippen molar-refractivity contribution < 1.29 is 19.7 Å². The Hall–Kier alpha value is -1.75. The van der Waals surface area contributed by atoms with Crippen molar-refractivity contribution >= 4 is 5.97 Å². The zero-order valence-corrected chi connectivity index (χ0v) is 10.9. The van der Waals surface area contributed by atoms with Crippen molar-refractivity contribution in [1.29, 1.82) is 0 Å². The molecule has 1 rings (SSSR count). The molecule has 18 heavy (non-hydrogen) atoms. The molecule has 2 N–H and O–H groups in total. The fourth-order valence-electron chi connectivity index (χ4n) is 1.76. The number of benzene rings is 1. The molecule has 0 aromatic heterocycles. The first-order chi connectivity index (χ1) is 8.45. The lowest BCUT2D eigenvalue weighted by atomic mass is 10.1. The second-order valence-electron chi connectivity index (χ2n) is 4.40. The van der Waals surface area contributed by atoms with Crippen LogP contribution in [-0.4, -0.2) is 41.8 Å². The van der Waals surface area contributed by atoms with E-state index in [0.717, 1.165) is 5.56 Å². The number of carboxylic acid groups (broad SMARTS) is 1. The van der Waals surface area contributed by atoms with Gasteiger partial charge in [-0.3, -0.25) is 4.79 Å². The SMILES string of the molecule is COc1cccc(CN(C)CC(C)C(=O)O)c1O. The van der Waals surface area contributed by atoms with E-state index < -0.39 is 11.9 Å². The predicted octanol–water partition coefficient (Wildman–Crippen LogP) is 1.55. The van der Waals surface area contributed by atoms with Gasteiger partial charge in [0.1, 0.15) is 0 Å². The lowest BCUT2D eigenvalue weighted by molar-refractivity contribution is -0.141. The molecule has 1 aromatic carbocycles. The van der Waals surface area contributed by atoms with Gasteiger partial charge < -0.3 is 19.8 Å². The van der Waals surface area contributed by atoms with Crippen molar-refractivity contribution in [3.63, 3.8) is 0 Å². The van der Waals surface area contributed by atoms with Crippen LogP contribution in [0.1, 0.15) is 12.5 Å². The first-order valence-corrected chi connectivity index (χ1v) is 5.72. The van der Waals surface area contributed by atoms with Crippen LogP contribution < -0.4 is 4.74 Å². The number of methoxy groups -OCH3 is 1. The molecule has 0 aliphatic rings. The molecule has 0 heterocycles. The number of aliphatic carboxylic acids is 1. The number of hydrogen-bond donors (Lipinski definition) is 2. The van der Waals surface area contributed by atoms with Gasteiger partial charge in [0.05, 0.1) is 13.0 Å². The van der Waals surface area contributed by atoms with Crippen LogP contribution in [0, 0.1) is 5.92 Å². The fourth-order valence-corrected chi connectivity index (χ4v) is 1.76. The van der Waals surface area contributed by atoms with E-state index >= 15 is 0 Å². The van der Waals surface area contributed by atoms with E-state index in [1.807, 2.05) is 11.9 Å². The summed E-state index contributed by atoms with van der Waals surface area (Å²) in [5, 5.41) is 18.8. The van der Waals surface area contributed by atoms with Gasteiger partial charge in [0.2, 0.25) is 0 Å². The van der Waals surface area contributed by atoms with Gasteiger partial charge in [-0.15, -0.1) is 0 Å². The van der Waals surface area contributed by atoms with Gasteiger partial charge in [-0.05, 0) is 13.1 Å². The second kappa shape index (κ2) is 6.26. The molecule has 1 unspecified atom stereocenters. The molecule has 0 saturated heterocycles. The van der Waals surface area contributed by atoms with E-state index in [1.54, 1.807) is 25.1 Å². The van der Waals surface area contributed by atoms with E-state index in [-0.39, 0.29) is 5.75 Å². The number of carbonyl (C=O) groups is 1. The van der Waals surface area contributed by atoms with Crippen LogP contribution in [0.15, 0.2) is 18.2 Å². The number of rotatable bonds is 6. The average molecular weight is 253 g/mol. The highest BCUT2D eigenvalue weighted by Gasteiger charge is 2.15. The van der Waals surface area contributed by atoms with Crippen molar-refractivity contribution in [3.05, 3.63) is 23.8 Å². The largest absolute Gasteiger partial charge is 0.504 e. The first-order valence-electron chi connectivity index (χ1n) is 5.72. The Bertz CT molecular complexity index is 419. The molecule has 5 nitrogen and oxygen atoms in total. The van der Waals surface area contributed by atoms with E-state index in [4.69, 9.17) is 9.84 Å². The Morgan fingerprint density at radius 2 is 2.17 bits per heavy atom. The highest BCUT2D eigenvalue weighted by atomic mass is 16.5. The zero-order chi connectivity index (χ0) is 13.7. The number of hydrogen-bond acceptors (Lipinski definition) is 4. The minimum atomic E-state index is -0.822. The van der Waals surface area contributed by atoms with Crippen LogP contribution in [-0.2, 0) is 11.3 Å². The van der Waals surface area contributed by atoms with Crippen molar-refractivity contribution in [3.8, 4) is 11.5 Å². The van der Waals surface area contributed by atoms with Crippen LogP contribution in [0.25, 0.3) is 0 Å². The predicted molar refractivity (Wildman–Crippen MR) is 67.8 cm³/mol. The minimum Gasteiger partial charge on any atom is -0.504 e.